The molecule has 3 N–H and O–H groups in total. The van der Waals surface area contributed by atoms with Crippen molar-refractivity contribution in [1.82, 2.24) is 5.32 Å². The van der Waals surface area contributed by atoms with Crippen LogP contribution in [0, 0.1) is 11.8 Å². The Balaban J connectivity index is 1.91. The maximum Gasteiger partial charge on any atom is 0.307 e. The van der Waals surface area contributed by atoms with Gasteiger partial charge in [0.2, 0.25) is 5.91 Å². The topological polar surface area (TPSA) is 95.9 Å². The van der Waals surface area contributed by atoms with Crippen LogP contribution in [0.5, 0.6) is 0 Å². The van der Waals surface area contributed by atoms with Crippen LogP contribution in [0.3, 0.4) is 0 Å². The van der Waals surface area contributed by atoms with Crippen LogP contribution < -0.4 is 5.32 Å². The molecule has 2 unspecified atom stereocenters. The number of nitrogens with one attached hydrogen (secondary N) is 1. The Morgan fingerprint density at radius 3 is 2.41 bits per heavy atom. The highest BCUT2D eigenvalue weighted by molar-refractivity contribution is 5.89. The molecule has 0 radical (unpaired) electrons. The minimum Gasteiger partial charge on any atom is -0.481 e. The van der Waals surface area contributed by atoms with E-state index in [1.807, 2.05) is 0 Å². The van der Waals surface area contributed by atoms with E-state index in [1.54, 1.807) is 0 Å². The molecule has 0 aromatic rings. The first-order chi connectivity index (χ1) is 8.08. The summed E-state index contributed by atoms with van der Waals surface area (Å²) in [5.74, 6) is -2.16. The highest BCUT2D eigenvalue weighted by Gasteiger charge is 2.50. The molecule has 2 fully saturated rings. The van der Waals surface area contributed by atoms with Gasteiger partial charge in [-0.3, -0.25) is 9.59 Å². The first kappa shape index (κ1) is 12.3. The quantitative estimate of drug-likeness (QED) is 0.610. The molecule has 1 saturated carbocycles. The molecule has 1 aliphatic heterocycles. The summed E-state index contributed by atoms with van der Waals surface area (Å²) >= 11 is 0. The number of carbonyl (C=O) groups excluding carboxylic acids is 1. The fourth-order valence-corrected chi connectivity index (χ4v) is 2.20. The van der Waals surface area contributed by atoms with Crippen molar-refractivity contribution in [3.05, 3.63) is 0 Å². The number of hydrogen-bond donors (Lipinski definition) is 3. The van der Waals surface area contributed by atoms with E-state index in [2.05, 4.69) is 5.32 Å². The van der Waals surface area contributed by atoms with E-state index in [0.29, 0.717) is 32.5 Å². The molecule has 2 rings (SSSR count). The van der Waals surface area contributed by atoms with Crippen LogP contribution >= 0.6 is 0 Å². The Morgan fingerprint density at radius 1 is 1.29 bits per heavy atom. The molecule has 0 aromatic carbocycles. The lowest BCUT2D eigenvalue weighted by Gasteiger charge is -2.36. The van der Waals surface area contributed by atoms with Gasteiger partial charge in [-0.15, -0.1) is 0 Å². The number of aliphatic hydroxyl groups excluding tert-OH is 1. The average molecular weight is 243 g/mol. The summed E-state index contributed by atoms with van der Waals surface area (Å²) in [7, 11) is 0. The second-order valence-corrected chi connectivity index (χ2v) is 4.83. The van der Waals surface area contributed by atoms with Crippen molar-refractivity contribution in [2.75, 3.05) is 19.8 Å². The number of aliphatic carboxylic acids is 1. The summed E-state index contributed by atoms with van der Waals surface area (Å²) in [6, 6.07) is 0. The Bertz CT molecular complexity index is 324. The van der Waals surface area contributed by atoms with E-state index in [0.717, 1.165) is 0 Å². The molecule has 2 atom stereocenters. The van der Waals surface area contributed by atoms with Crippen molar-refractivity contribution in [2.24, 2.45) is 11.8 Å². The predicted molar refractivity (Wildman–Crippen MR) is 57.2 cm³/mol. The molecule has 6 nitrogen and oxygen atoms in total. The van der Waals surface area contributed by atoms with Gasteiger partial charge in [-0.25, -0.2) is 0 Å². The smallest absolute Gasteiger partial charge is 0.307 e. The SMILES string of the molecule is O=C(O)C1CC1C(=O)NC1(CO)CCOCC1. The molecule has 1 heterocycles. The Labute approximate surface area is 99.0 Å². The molecule has 1 aliphatic carbocycles. The van der Waals surface area contributed by atoms with E-state index in [-0.39, 0.29) is 12.5 Å². The van der Waals surface area contributed by atoms with Gasteiger partial charge in [0.15, 0.2) is 0 Å². The Hall–Kier alpha value is -1.14. The zero-order chi connectivity index (χ0) is 12.5. The lowest BCUT2D eigenvalue weighted by molar-refractivity contribution is -0.140. The van der Waals surface area contributed by atoms with Gasteiger partial charge in [0, 0.05) is 13.2 Å². The number of hydrogen-bond acceptors (Lipinski definition) is 4. The summed E-state index contributed by atoms with van der Waals surface area (Å²) in [5.41, 5.74) is -0.624. The maximum atomic E-state index is 11.8. The van der Waals surface area contributed by atoms with Gasteiger partial charge >= 0.3 is 5.97 Å². The molecule has 2 aliphatic rings. The van der Waals surface area contributed by atoms with Gasteiger partial charge in [0.1, 0.15) is 0 Å². The molecule has 0 aromatic heterocycles. The van der Waals surface area contributed by atoms with Crippen molar-refractivity contribution in [3.8, 4) is 0 Å². The number of ether oxygens (including phenoxy) is 1. The zero-order valence-corrected chi connectivity index (χ0v) is 9.52. The highest BCUT2D eigenvalue weighted by atomic mass is 16.5. The molecule has 1 amide bonds. The molecule has 17 heavy (non-hydrogen) atoms. The normalized spacial score (nSPS) is 30.6. The summed E-state index contributed by atoms with van der Waals surface area (Å²) in [5, 5.41) is 20.9. The third kappa shape index (κ3) is 2.58. The van der Waals surface area contributed by atoms with Gasteiger partial charge in [-0.1, -0.05) is 0 Å². The third-order valence-electron chi connectivity index (χ3n) is 3.59. The molecule has 6 heteroatoms. The van der Waals surface area contributed by atoms with E-state index < -0.39 is 23.3 Å². The van der Waals surface area contributed by atoms with Crippen LogP contribution in [0.1, 0.15) is 19.3 Å². The van der Waals surface area contributed by atoms with E-state index in [1.165, 1.54) is 0 Å². The van der Waals surface area contributed by atoms with E-state index >= 15 is 0 Å². The van der Waals surface area contributed by atoms with Crippen LogP contribution in [0.2, 0.25) is 0 Å². The monoisotopic (exact) mass is 243 g/mol. The van der Waals surface area contributed by atoms with Crippen LogP contribution in [0.15, 0.2) is 0 Å². The van der Waals surface area contributed by atoms with Crippen molar-refractivity contribution >= 4 is 11.9 Å². The fraction of sp³-hybridized carbons (Fsp3) is 0.818. The van der Waals surface area contributed by atoms with Gasteiger partial charge in [0.05, 0.1) is 24.0 Å². The standard InChI is InChI=1S/C11H17NO5/c13-6-11(1-3-17-4-2-11)12-9(14)7-5-8(7)10(15)16/h7-8,13H,1-6H2,(H,12,14)(H,15,16). The minimum absolute atomic E-state index is 0.132. The van der Waals surface area contributed by atoms with E-state index in [9.17, 15) is 14.7 Å². The number of aliphatic hydroxyl groups is 1. The predicted octanol–water partition coefficient (Wildman–Crippen LogP) is -0.635. The summed E-state index contributed by atoms with van der Waals surface area (Å²) in [6.07, 6.45) is 1.54. The number of carbonyl (C=O) groups is 2. The lowest BCUT2D eigenvalue weighted by atomic mass is 9.90. The molecule has 1 saturated heterocycles. The molecule has 0 spiro atoms. The van der Waals surface area contributed by atoms with Gasteiger partial charge < -0.3 is 20.3 Å². The fourth-order valence-electron chi connectivity index (χ4n) is 2.20. The second kappa shape index (κ2) is 4.62. The maximum absolute atomic E-state index is 11.8. The summed E-state index contributed by atoms with van der Waals surface area (Å²) in [6.45, 7) is 0.883. The number of rotatable bonds is 4. The number of amides is 1. The molecule has 96 valence electrons. The van der Waals surface area contributed by atoms with Gasteiger partial charge in [-0.05, 0) is 19.3 Å². The Morgan fingerprint density at radius 2 is 1.94 bits per heavy atom. The number of carboxylic acid groups (broad SMARTS) is 1. The van der Waals surface area contributed by atoms with Crippen LogP contribution in [0.25, 0.3) is 0 Å². The molecule has 0 bridgehead atoms. The first-order valence-corrected chi connectivity index (χ1v) is 5.81. The van der Waals surface area contributed by atoms with E-state index in [4.69, 9.17) is 9.84 Å². The molecular weight excluding hydrogens is 226 g/mol. The van der Waals surface area contributed by atoms with Crippen LogP contribution in [-0.2, 0) is 14.3 Å². The average Bonchev–Trinajstić information content (AvgIpc) is 3.10. The van der Waals surface area contributed by atoms with Crippen molar-refractivity contribution in [1.29, 1.82) is 0 Å². The van der Waals surface area contributed by atoms with Crippen molar-refractivity contribution in [2.45, 2.75) is 24.8 Å². The highest BCUT2D eigenvalue weighted by Crippen LogP contribution is 2.39. The summed E-state index contributed by atoms with van der Waals surface area (Å²) in [4.78, 5) is 22.5. The molecular formula is C11H17NO5. The first-order valence-electron chi connectivity index (χ1n) is 5.81. The number of carboxylic acids is 1. The minimum atomic E-state index is -0.921. The van der Waals surface area contributed by atoms with Crippen LogP contribution in [0.4, 0.5) is 0 Å². The Kier molecular flexibility index (Phi) is 3.35. The zero-order valence-electron chi connectivity index (χ0n) is 9.52. The third-order valence-corrected chi connectivity index (χ3v) is 3.59. The van der Waals surface area contributed by atoms with Crippen molar-refractivity contribution < 1.29 is 24.5 Å². The van der Waals surface area contributed by atoms with Gasteiger partial charge in [-0.2, -0.15) is 0 Å². The summed E-state index contributed by atoms with van der Waals surface area (Å²) < 4.78 is 5.19. The van der Waals surface area contributed by atoms with Gasteiger partial charge in [0.25, 0.3) is 0 Å². The largest absolute Gasteiger partial charge is 0.481 e. The van der Waals surface area contributed by atoms with Crippen LogP contribution in [-0.4, -0.2) is 47.4 Å². The van der Waals surface area contributed by atoms with Crippen molar-refractivity contribution in [3.63, 3.8) is 0 Å². The second-order valence-electron chi connectivity index (χ2n) is 4.83. The lowest BCUT2D eigenvalue weighted by Crippen LogP contribution is -2.55.